The van der Waals surface area contributed by atoms with Gasteiger partial charge >= 0.3 is 0 Å². The molecule has 1 aromatic heterocycles. The molecule has 0 atom stereocenters. The number of rotatable bonds is 5. The minimum atomic E-state index is -0.271. The van der Waals surface area contributed by atoms with E-state index < -0.39 is 0 Å². The smallest absolute Gasteiger partial charge is 0.232 e. The Labute approximate surface area is 115 Å². The van der Waals surface area contributed by atoms with Gasteiger partial charge in [-0.05, 0) is 24.3 Å². The Morgan fingerprint density at radius 2 is 2.16 bits per heavy atom. The first-order chi connectivity index (χ1) is 9.15. The molecule has 0 saturated carbocycles. The van der Waals surface area contributed by atoms with Crippen molar-refractivity contribution >= 4 is 17.7 Å². The highest BCUT2D eigenvalue weighted by Gasteiger charge is 2.10. The van der Waals surface area contributed by atoms with Crippen LogP contribution in [0, 0.1) is 5.82 Å². The first kappa shape index (κ1) is 13.6. The van der Waals surface area contributed by atoms with Crippen LogP contribution in [0.4, 0.5) is 4.39 Å². The summed E-state index contributed by atoms with van der Waals surface area (Å²) in [5.41, 5.74) is 0.961. The van der Waals surface area contributed by atoms with E-state index in [4.69, 9.17) is 0 Å². The zero-order chi connectivity index (χ0) is 13.7. The molecule has 0 bridgehead atoms. The van der Waals surface area contributed by atoms with Crippen molar-refractivity contribution in [1.29, 1.82) is 0 Å². The predicted octanol–water partition coefficient (Wildman–Crippen LogP) is 2.30. The quantitative estimate of drug-likeness (QED) is 0.854. The van der Waals surface area contributed by atoms with Crippen LogP contribution in [0.15, 0.2) is 41.6 Å². The predicted molar refractivity (Wildman–Crippen MR) is 72.2 cm³/mol. The average Bonchev–Trinajstić information content (AvgIpc) is 2.90. The number of halogens is 1. The molecule has 0 unspecified atom stereocenters. The zero-order valence-electron chi connectivity index (χ0n) is 10.5. The maximum atomic E-state index is 12.7. The highest BCUT2D eigenvalue weighted by molar-refractivity contribution is 8.00. The Bertz CT molecular complexity index is 527. The van der Waals surface area contributed by atoms with Crippen molar-refractivity contribution in [2.24, 2.45) is 0 Å². The second kappa shape index (κ2) is 6.38. The van der Waals surface area contributed by atoms with Gasteiger partial charge in [-0.2, -0.15) is 5.10 Å². The molecule has 1 aromatic carbocycles. The van der Waals surface area contributed by atoms with Crippen molar-refractivity contribution in [3.8, 4) is 0 Å². The van der Waals surface area contributed by atoms with Crippen LogP contribution in [0.2, 0.25) is 0 Å². The molecule has 0 aliphatic carbocycles. The molecular formula is C13H14FN3OS. The second-order valence-electron chi connectivity index (χ2n) is 4.10. The van der Waals surface area contributed by atoms with Gasteiger partial charge in [0, 0.05) is 30.2 Å². The van der Waals surface area contributed by atoms with E-state index in [2.05, 4.69) is 10.2 Å². The van der Waals surface area contributed by atoms with Crippen molar-refractivity contribution in [1.82, 2.24) is 15.1 Å². The molecule has 2 rings (SSSR count). The van der Waals surface area contributed by atoms with Crippen LogP contribution in [0.25, 0.3) is 0 Å². The van der Waals surface area contributed by atoms with Gasteiger partial charge in [0.05, 0.1) is 11.9 Å². The fourth-order valence-electron chi connectivity index (χ4n) is 1.51. The zero-order valence-corrected chi connectivity index (χ0v) is 11.3. The van der Waals surface area contributed by atoms with Gasteiger partial charge in [0.1, 0.15) is 5.82 Å². The molecular weight excluding hydrogens is 265 g/mol. The number of nitrogens with zero attached hydrogens (tertiary/aromatic N) is 2. The normalized spacial score (nSPS) is 10.4. The Morgan fingerprint density at radius 3 is 2.79 bits per heavy atom. The molecule has 0 aliphatic rings. The lowest BCUT2D eigenvalue weighted by Gasteiger charge is -2.15. The molecule has 100 valence electrons. The number of thioether (sulfide) groups is 1. The van der Waals surface area contributed by atoms with Crippen LogP contribution in [0.3, 0.4) is 0 Å². The second-order valence-corrected chi connectivity index (χ2v) is 5.15. The first-order valence-corrected chi connectivity index (χ1v) is 6.73. The molecule has 0 radical (unpaired) electrons. The van der Waals surface area contributed by atoms with Gasteiger partial charge in [-0.1, -0.05) is 0 Å². The Hall–Kier alpha value is -1.82. The van der Waals surface area contributed by atoms with Crippen molar-refractivity contribution in [2.45, 2.75) is 11.4 Å². The Morgan fingerprint density at radius 1 is 1.42 bits per heavy atom. The van der Waals surface area contributed by atoms with Crippen LogP contribution in [-0.2, 0) is 11.3 Å². The van der Waals surface area contributed by atoms with Crippen LogP contribution in [0.5, 0.6) is 0 Å². The molecule has 1 N–H and O–H groups in total. The fourth-order valence-corrected chi connectivity index (χ4v) is 2.35. The molecule has 2 aromatic rings. The molecule has 19 heavy (non-hydrogen) atoms. The van der Waals surface area contributed by atoms with Crippen molar-refractivity contribution < 1.29 is 9.18 Å². The van der Waals surface area contributed by atoms with Gasteiger partial charge in [0.25, 0.3) is 0 Å². The summed E-state index contributed by atoms with van der Waals surface area (Å²) in [6.45, 7) is 0.527. The van der Waals surface area contributed by atoms with Crippen molar-refractivity contribution in [3.05, 3.63) is 48.0 Å². The Kier molecular flexibility index (Phi) is 4.57. The number of carbonyl (C=O) groups is 1. The third-order valence-corrected chi connectivity index (χ3v) is 3.57. The monoisotopic (exact) mass is 279 g/mol. The molecule has 0 spiro atoms. The van der Waals surface area contributed by atoms with E-state index in [1.54, 1.807) is 36.5 Å². The van der Waals surface area contributed by atoms with Crippen LogP contribution in [-0.4, -0.2) is 33.8 Å². The number of hydrogen-bond acceptors (Lipinski definition) is 3. The SMILES string of the molecule is CN(Cc1cn[nH]c1)C(=O)CSc1ccc(F)cc1. The summed E-state index contributed by atoms with van der Waals surface area (Å²) in [6, 6.07) is 6.12. The lowest BCUT2D eigenvalue weighted by molar-refractivity contribution is -0.127. The highest BCUT2D eigenvalue weighted by Crippen LogP contribution is 2.18. The lowest BCUT2D eigenvalue weighted by atomic mass is 10.3. The standard InChI is InChI=1S/C13H14FN3OS/c1-17(8-10-6-15-16-7-10)13(18)9-19-12-4-2-11(14)3-5-12/h2-7H,8-9H2,1H3,(H,15,16). The Balaban J connectivity index is 1.82. The van der Waals surface area contributed by atoms with Gasteiger partial charge in [-0.3, -0.25) is 9.89 Å². The lowest BCUT2D eigenvalue weighted by Crippen LogP contribution is -2.27. The average molecular weight is 279 g/mol. The third-order valence-electron chi connectivity index (χ3n) is 2.58. The van der Waals surface area contributed by atoms with Gasteiger partial charge in [0.2, 0.25) is 5.91 Å². The summed E-state index contributed by atoms with van der Waals surface area (Å²) >= 11 is 1.40. The summed E-state index contributed by atoms with van der Waals surface area (Å²) in [7, 11) is 1.75. The molecule has 0 aliphatic heterocycles. The number of hydrogen-bond donors (Lipinski definition) is 1. The fraction of sp³-hybridized carbons (Fsp3) is 0.231. The summed E-state index contributed by atoms with van der Waals surface area (Å²) in [5.74, 6) is 0.0864. The van der Waals surface area contributed by atoms with Crippen molar-refractivity contribution in [3.63, 3.8) is 0 Å². The molecule has 6 heteroatoms. The van der Waals surface area contributed by atoms with Gasteiger partial charge in [-0.25, -0.2) is 4.39 Å². The van der Waals surface area contributed by atoms with Crippen molar-refractivity contribution in [2.75, 3.05) is 12.8 Å². The van der Waals surface area contributed by atoms with E-state index in [0.717, 1.165) is 10.5 Å². The van der Waals surface area contributed by atoms with E-state index in [0.29, 0.717) is 12.3 Å². The number of H-pyrrole nitrogens is 1. The number of nitrogens with one attached hydrogen (secondary N) is 1. The van der Waals surface area contributed by atoms with E-state index in [1.807, 2.05) is 0 Å². The largest absolute Gasteiger partial charge is 0.341 e. The molecule has 0 saturated heterocycles. The van der Waals surface area contributed by atoms with E-state index in [1.165, 1.54) is 23.9 Å². The summed E-state index contributed by atoms with van der Waals surface area (Å²) in [6.07, 6.45) is 3.45. The maximum Gasteiger partial charge on any atom is 0.232 e. The highest BCUT2D eigenvalue weighted by atomic mass is 32.2. The summed E-state index contributed by atoms with van der Waals surface area (Å²) in [4.78, 5) is 14.4. The number of aromatic nitrogens is 2. The topological polar surface area (TPSA) is 49.0 Å². The number of amides is 1. The van der Waals surface area contributed by atoms with Crippen LogP contribution >= 0.6 is 11.8 Å². The van der Waals surface area contributed by atoms with E-state index in [9.17, 15) is 9.18 Å². The summed E-state index contributed by atoms with van der Waals surface area (Å²) < 4.78 is 12.7. The van der Waals surface area contributed by atoms with E-state index >= 15 is 0 Å². The maximum absolute atomic E-state index is 12.7. The van der Waals surface area contributed by atoms with E-state index in [-0.39, 0.29) is 11.7 Å². The summed E-state index contributed by atoms with van der Waals surface area (Å²) in [5, 5.41) is 6.54. The minimum absolute atomic E-state index is 0.0236. The minimum Gasteiger partial charge on any atom is -0.341 e. The van der Waals surface area contributed by atoms with Gasteiger partial charge < -0.3 is 4.90 Å². The third kappa shape index (κ3) is 4.10. The number of aromatic amines is 1. The molecule has 0 fully saturated rings. The first-order valence-electron chi connectivity index (χ1n) is 5.75. The molecule has 4 nitrogen and oxygen atoms in total. The van der Waals surface area contributed by atoms with Gasteiger partial charge in [-0.15, -0.1) is 11.8 Å². The molecule has 1 amide bonds. The molecule has 1 heterocycles. The number of benzene rings is 1. The van der Waals surface area contributed by atoms with Crippen LogP contribution in [0.1, 0.15) is 5.56 Å². The van der Waals surface area contributed by atoms with Crippen LogP contribution < -0.4 is 0 Å². The van der Waals surface area contributed by atoms with Gasteiger partial charge in [0.15, 0.2) is 0 Å². The number of carbonyl (C=O) groups excluding carboxylic acids is 1.